The van der Waals surface area contributed by atoms with Gasteiger partial charge in [0, 0.05) is 25.4 Å². The van der Waals surface area contributed by atoms with Crippen LogP contribution in [0.4, 0.5) is 4.79 Å². The van der Waals surface area contributed by atoms with Crippen LogP contribution in [0.5, 0.6) is 0 Å². The number of alkyl carbamates (subject to hydrolysis) is 1. The Morgan fingerprint density at radius 3 is 2.40 bits per heavy atom. The van der Waals surface area contributed by atoms with Crippen molar-refractivity contribution >= 4 is 29.7 Å². The van der Waals surface area contributed by atoms with Gasteiger partial charge in [0.15, 0.2) is 0 Å². The number of thioether (sulfide) groups is 1. The van der Waals surface area contributed by atoms with E-state index in [1.54, 1.807) is 16.7 Å². The van der Waals surface area contributed by atoms with E-state index >= 15 is 0 Å². The van der Waals surface area contributed by atoms with Crippen LogP contribution >= 0.6 is 11.8 Å². The molecule has 0 aromatic heterocycles. The average molecular weight is 497 g/mol. The van der Waals surface area contributed by atoms with Crippen LogP contribution in [0.2, 0.25) is 0 Å². The molecule has 186 valence electrons. The number of carbonyl (C=O) groups is 3. The van der Waals surface area contributed by atoms with Gasteiger partial charge in [-0.05, 0) is 59.4 Å². The van der Waals surface area contributed by atoms with Crippen LogP contribution in [0.1, 0.15) is 42.7 Å². The average Bonchev–Trinajstić information content (AvgIpc) is 3.46. The van der Waals surface area contributed by atoms with E-state index in [1.807, 2.05) is 30.5 Å². The molecule has 1 unspecified atom stereocenters. The Morgan fingerprint density at radius 2 is 1.77 bits per heavy atom. The lowest BCUT2D eigenvalue weighted by Crippen LogP contribution is -2.48. The maximum Gasteiger partial charge on any atom is 0.407 e. The first kappa shape index (κ1) is 25.1. The van der Waals surface area contributed by atoms with Crippen molar-refractivity contribution < 1.29 is 24.2 Å². The van der Waals surface area contributed by atoms with E-state index in [9.17, 15) is 14.4 Å². The third-order valence-electron chi connectivity index (χ3n) is 6.91. The highest BCUT2D eigenvalue weighted by Gasteiger charge is 2.33. The number of ether oxygens (including phenoxy) is 1. The molecular formula is C27H32N2O5S. The molecule has 1 saturated heterocycles. The van der Waals surface area contributed by atoms with E-state index in [-0.39, 0.29) is 30.8 Å². The molecule has 1 heterocycles. The van der Waals surface area contributed by atoms with Gasteiger partial charge in [-0.15, -0.1) is 0 Å². The van der Waals surface area contributed by atoms with Crippen molar-refractivity contribution in [3.8, 4) is 11.1 Å². The first-order valence-electron chi connectivity index (χ1n) is 12.1. The van der Waals surface area contributed by atoms with Gasteiger partial charge in [0.05, 0.1) is 0 Å². The van der Waals surface area contributed by atoms with Gasteiger partial charge in [-0.2, -0.15) is 11.8 Å². The summed E-state index contributed by atoms with van der Waals surface area (Å²) in [7, 11) is 0. The normalized spacial score (nSPS) is 17.5. The van der Waals surface area contributed by atoms with Crippen molar-refractivity contribution in [2.75, 3.05) is 31.7 Å². The monoisotopic (exact) mass is 496 g/mol. The summed E-state index contributed by atoms with van der Waals surface area (Å²) in [6, 6.07) is 15.7. The van der Waals surface area contributed by atoms with Gasteiger partial charge >= 0.3 is 12.1 Å². The predicted octanol–water partition coefficient (Wildman–Crippen LogP) is 4.36. The molecule has 0 radical (unpaired) electrons. The Kier molecular flexibility index (Phi) is 8.33. The molecule has 0 spiro atoms. The van der Waals surface area contributed by atoms with Crippen LogP contribution in [-0.4, -0.2) is 65.7 Å². The number of hydrogen-bond donors (Lipinski definition) is 2. The molecule has 4 rings (SSSR count). The summed E-state index contributed by atoms with van der Waals surface area (Å²) in [5.41, 5.74) is 4.61. The number of rotatable bonds is 10. The van der Waals surface area contributed by atoms with Crippen molar-refractivity contribution in [1.29, 1.82) is 0 Å². The molecule has 7 nitrogen and oxygen atoms in total. The number of nitrogens with one attached hydrogen (secondary N) is 1. The number of carboxylic acid groups (broad SMARTS) is 1. The van der Waals surface area contributed by atoms with Crippen LogP contribution in [0.3, 0.4) is 0 Å². The van der Waals surface area contributed by atoms with E-state index < -0.39 is 18.1 Å². The summed E-state index contributed by atoms with van der Waals surface area (Å²) in [6.07, 6.45) is 3.36. The zero-order valence-corrected chi connectivity index (χ0v) is 20.8. The van der Waals surface area contributed by atoms with Crippen LogP contribution in [0, 0.1) is 5.92 Å². The second-order valence-electron chi connectivity index (χ2n) is 9.18. The number of carbonyl (C=O) groups excluding carboxylic acids is 2. The fraction of sp³-hybridized carbons (Fsp3) is 0.444. The van der Waals surface area contributed by atoms with Gasteiger partial charge in [-0.1, -0.05) is 48.5 Å². The topological polar surface area (TPSA) is 95.9 Å². The molecule has 2 atom stereocenters. The van der Waals surface area contributed by atoms with E-state index in [1.165, 1.54) is 0 Å². The lowest BCUT2D eigenvalue weighted by molar-refractivity contribution is -0.137. The molecule has 1 fully saturated rings. The van der Waals surface area contributed by atoms with Crippen molar-refractivity contribution in [3.63, 3.8) is 0 Å². The van der Waals surface area contributed by atoms with Crippen LogP contribution in [-0.2, 0) is 14.3 Å². The van der Waals surface area contributed by atoms with Gasteiger partial charge in [-0.25, -0.2) is 4.79 Å². The van der Waals surface area contributed by atoms with Gasteiger partial charge in [0.25, 0.3) is 0 Å². The molecule has 8 heteroatoms. The second kappa shape index (κ2) is 11.6. The summed E-state index contributed by atoms with van der Waals surface area (Å²) in [4.78, 5) is 38.6. The zero-order chi connectivity index (χ0) is 24.8. The van der Waals surface area contributed by atoms with Crippen molar-refractivity contribution in [3.05, 3.63) is 59.7 Å². The molecule has 2 aliphatic rings. The molecular weight excluding hydrogens is 464 g/mol. The van der Waals surface area contributed by atoms with E-state index in [0.29, 0.717) is 25.9 Å². The van der Waals surface area contributed by atoms with E-state index in [0.717, 1.165) is 34.4 Å². The third kappa shape index (κ3) is 5.99. The quantitative estimate of drug-likeness (QED) is 0.507. The molecule has 1 aliphatic carbocycles. The van der Waals surface area contributed by atoms with Gasteiger partial charge < -0.3 is 20.1 Å². The fourth-order valence-electron chi connectivity index (χ4n) is 5.09. The largest absolute Gasteiger partial charge is 0.481 e. The Labute approximate surface area is 210 Å². The molecule has 0 saturated carbocycles. The number of carboxylic acids is 1. The second-order valence-corrected chi connectivity index (χ2v) is 10.2. The number of fused-ring (bicyclic) bond motifs is 3. The molecule has 2 aromatic rings. The summed E-state index contributed by atoms with van der Waals surface area (Å²) in [5.74, 6) is -0.0567. The number of nitrogens with zero attached hydrogens (tertiary/aromatic N) is 1. The number of amides is 2. The number of likely N-dealkylation sites (tertiary alicyclic amines) is 1. The highest BCUT2D eigenvalue weighted by atomic mass is 32.2. The maximum absolute atomic E-state index is 13.2. The maximum atomic E-state index is 13.2. The minimum atomic E-state index is -0.815. The Bertz CT molecular complexity index is 1030. The smallest absolute Gasteiger partial charge is 0.407 e. The molecule has 35 heavy (non-hydrogen) atoms. The molecule has 1 aliphatic heterocycles. The molecule has 2 aromatic carbocycles. The highest BCUT2D eigenvalue weighted by Crippen LogP contribution is 2.44. The van der Waals surface area contributed by atoms with Crippen LogP contribution in [0.15, 0.2) is 48.5 Å². The fourth-order valence-corrected chi connectivity index (χ4v) is 5.56. The lowest BCUT2D eigenvalue weighted by atomic mass is 9.98. The number of aliphatic carboxylic acids is 1. The molecule has 0 bridgehead atoms. The van der Waals surface area contributed by atoms with Gasteiger partial charge in [0.1, 0.15) is 12.6 Å². The summed E-state index contributed by atoms with van der Waals surface area (Å²) in [6.45, 7) is 1.32. The minimum absolute atomic E-state index is 0.0397. The van der Waals surface area contributed by atoms with Crippen LogP contribution < -0.4 is 5.32 Å². The zero-order valence-electron chi connectivity index (χ0n) is 19.9. The predicted molar refractivity (Wildman–Crippen MR) is 137 cm³/mol. The third-order valence-corrected chi connectivity index (χ3v) is 7.55. The van der Waals surface area contributed by atoms with Gasteiger partial charge in [0.2, 0.25) is 5.91 Å². The summed E-state index contributed by atoms with van der Waals surface area (Å²) >= 11 is 1.62. The Hall–Kier alpha value is -3.00. The molecule has 2 N–H and O–H groups in total. The van der Waals surface area contributed by atoms with Gasteiger partial charge in [-0.3, -0.25) is 9.59 Å². The molecule has 2 amide bonds. The number of hydrogen-bond acceptors (Lipinski definition) is 5. The Morgan fingerprint density at radius 1 is 1.11 bits per heavy atom. The lowest BCUT2D eigenvalue weighted by Gasteiger charge is -2.24. The van der Waals surface area contributed by atoms with Crippen molar-refractivity contribution in [2.45, 2.75) is 37.6 Å². The van der Waals surface area contributed by atoms with Crippen molar-refractivity contribution in [2.24, 2.45) is 5.92 Å². The first-order valence-corrected chi connectivity index (χ1v) is 13.5. The number of benzene rings is 2. The summed E-state index contributed by atoms with van der Waals surface area (Å²) < 4.78 is 5.66. The first-order chi connectivity index (χ1) is 17.0. The minimum Gasteiger partial charge on any atom is -0.481 e. The Balaban J connectivity index is 1.36. The highest BCUT2D eigenvalue weighted by molar-refractivity contribution is 7.98. The van der Waals surface area contributed by atoms with Crippen LogP contribution in [0.25, 0.3) is 11.1 Å². The standard InChI is InChI=1S/C27H32N2O5S/c1-35-15-13-24(26(32)29-14-12-18(16-29)10-11-25(30)31)28-27(33)34-17-23-21-8-4-2-6-19(21)20-7-3-5-9-22(20)23/h2-9,18,23-24H,10-17H2,1H3,(H,28,33)(H,30,31)/t18?,24-/m0/s1. The summed E-state index contributed by atoms with van der Waals surface area (Å²) in [5, 5.41) is 11.7. The van der Waals surface area contributed by atoms with E-state index in [4.69, 9.17) is 9.84 Å². The van der Waals surface area contributed by atoms with Crippen molar-refractivity contribution in [1.82, 2.24) is 10.2 Å². The SMILES string of the molecule is CSCC[C@H](NC(=O)OCC1c2ccccc2-c2ccccc21)C(=O)N1CCC(CCC(=O)O)C1. The van der Waals surface area contributed by atoms with E-state index in [2.05, 4.69) is 29.6 Å².